The normalized spacial score (nSPS) is 11.6. The van der Waals surface area contributed by atoms with Gasteiger partial charge in [0.25, 0.3) is 5.91 Å². The Hall–Kier alpha value is -3.82. The SMILES string of the molecule is CC(OC(=O)CNC(=O)Cc1ccccc1)C(=O)Nc1ncnc2nc[nH]c12. The molecular formula is C18H18N6O4. The van der Waals surface area contributed by atoms with Crippen LogP contribution in [-0.2, 0) is 25.5 Å². The summed E-state index contributed by atoms with van der Waals surface area (Å²) < 4.78 is 5.04. The van der Waals surface area contributed by atoms with E-state index in [2.05, 4.69) is 30.6 Å². The number of amides is 2. The Bertz CT molecular complexity index is 988. The van der Waals surface area contributed by atoms with Gasteiger partial charge in [0.2, 0.25) is 5.91 Å². The van der Waals surface area contributed by atoms with Crippen molar-refractivity contribution in [1.82, 2.24) is 25.3 Å². The Morgan fingerprint density at radius 1 is 1.14 bits per heavy atom. The van der Waals surface area contributed by atoms with Gasteiger partial charge in [-0.25, -0.2) is 15.0 Å². The Labute approximate surface area is 159 Å². The van der Waals surface area contributed by atoms with Gasteiger partial charge in [-0.1, -0.05) is 30.3 Å². The highest BCUT2D eigenvalue weighted by molar-refractivity contribution is 5.99. The lowest BCUT2D eigenvalue weighted by atomic mass is 10.1. The van der Waals surface area contributed by atoms with Gasteiger partial charge in [-0.05, 0) is 12.5 Å². The summed E-state index contributed by atoms with van der Waals surface area (Å²) in [5, 5.41) is 5.01. The molecule has 0 aliphatic carbocycles. The third kappa shape index (κ3) is 4.87. The first kappa shape index (κ1) is 19.0. The number of aromatic amines is 1. The molecule has 0 spiro atoms. The third-order valence-corrected chi connectivity index (χ3v) is 3.78. The van der Waals surface area contributed by atoms with Crippen molar-refractivity contribution in [2.24, 2.45) is 0 Å². The van der Waals surface area contributed by atoms with E-state index in [9.17, 15) is 14.4 Å². The molecule has 2 amide bonds. The number of anilines is 1. The summed E-state index contributed by atoms with van der Waals surface area (Å²) in [5.74, 6) is -1.38. The van der Waals surface area contributed by atoms with E-state index in [1.807, 2.05) is 30.3 Å². The predicted octanol–water partition coefficient (Wildman–Crippen LogP) is 0.582. The lowest BCUT2D eigenvalue weighted by molar-refractivity contribution is -0.152. The van der Waals surface area contributed by atoms with Crippen LogP contribution in [0.15, 0.2) is 43.0 Å². The van der Waals surface area contributed by atoms with Gasteiger partial charge in [-0.15, -0.1) is 0 Å². The van der Waals surface area contributed by atoms with Gasteiger partial charge in [-0.3, -0.25) is 14.4 Å². The standard InChI is InChI=1S/C18H18N6O4/c1-11(18(27)24-17-15-16(21-9-20-15)22-10-23-17)28-14(26)8-19-13(25)7-12-5-3-2-4-6-12/h2-6,9-11H,7-8H2,1H3,(H,19,25)(H2,20,21,22,23,24,27). The highest BCUT2D eigenvalue weighted by Crippen LogP contribution is 2.14. The Morgan fingerprint density at radius 2 is 1.93 bits per heavy atom. The molecular weight excluding hydrogens is 364 g/mol. The Morgan fingerprint density at radius 3 is 2.71 bits per heavy atom. The fourth-order valence-electron chi connectivity index (χ4n) is 2.39. The number of hydrogen-bond acceptors (Lipinski definition) is 7. The first-order chi connectivity index (χ1) is 13.5. The van der Waals surface area contributed by atoms with Crippen LogP contribution in [0.1, 0.15) is 12.5 Å². The van der Waals surface area contributed by atoms with Gasteiger partial charge in [0, 0.05) is 0 Å². The van der Waals surface area contributed by atoms with Crippen LogP contribution in [0, 0.1) is 0 Å². The quantitative estimate of drug-likeness (QED) is 0.508. The average molecular weight is 382 g/mol. The summed E-state index contributed by atoms with van der Waals surface area (Å²) in [4.78, 5) is 50.7. The number of aromatic nitrogens is 4. The second kappa shape index (κ2) is 8.71. The topological polar surface area (TPSA) is 139 Å². The van der Waals surface area contributed by atoms with Gasteiger partial charge in [0.15, 0.2) is 17.6 Å². The van der Waals surface area contributed by atoms with Crippen molar-refractivity contribution in [2.75, 3.05) is 11.9 Å². The summed E-state index contributed by atoms with van der Waals surface area (Å²) in [6.07, 6.45) is 1.76. The number of fused-ring (bicyclic) bond motifs is 1. The van der Waals surface area contributed by atoms with Gasteiger partial charge < -0.3 is 20.4 Å². The molecule has 3 aromatic rings. The minimum atomic E-state index is -1.08. The van der Waals surface area contributed by atoms with E-state index in [1.165, 1.54) is 19.6 Å². The van der Waals surface area contributed by atoms with E-state index in [1.54, 1.807) is 0 Å². The second-order valence-electron chi connectivity index (χ2n) is 5.88. The molecule has 1 atom stereocenters. The molecule has 0 fully saturated rings. The number of nitrogens with one attached hydrogen (secondary N) is 3. The summed E-state index contributed by atoms with van der Waals surface area (Å²) in [6, 6.07) is 9.13. The number of esters is 1. The van der Waals surface area contributed by atoms with Crippen LogP contribution in [0.3, 0.4) is 0 Å². The number of imidazole rings is 1. The molecule has 0 radical (unpaired) electrons. The van der Waals surface area contributed by atoms with Gasteiger partial charge in [0.1, 0.15) is 18.4 Å². The minimum Gasteiger partial charge on any atom is -0.451 e. The molecule has 0 aliphatic heterocycles. The number of H-pyrrole nitrogens is 1. The van der Waals surface area contributed by atoms with Crippen molar-refractivity contribution in [3.63, 3.8) is 0 Å². The molecule has 1 aromatic carbocycles. The van der Waals surface area contributed by atoms with Crippen LogP contribution < -0.4 is 10.6 Å². The maximum atomic E-state index is 12.2. The van der Waals surface area contributed by atoms with Crippen LogP contribution in [0.2, 0.25) is 0 Å². The Kier molecular flexibility index (Phi) is 5.90. The van der Waals surface area contributed by atoms with E-state index in [-0.39, 0.29) is 24.7 Å². The van der Waals surface area contributed by atoms with Crippen LogP contribution in [0.5, 0.6) is 0 Å². The molecule has 3 N–H and O–H groups in total. The summed E-state index contributed by atoms with van der Waals surface area (Å²) in [5.41, 5.74) is 1.69. The van der Waals surface area contributed by atoms with Gasteiger partial charge in [-0.2, -0.15) is 0 Å². The molecule has 0 saturated heterocycles. The van der Waals surface area contributed by atoms with E-state index in [0.717, 1.165) is 5.56 Å². The Balaban J connectivity index is 1.46. The van der Waals surface area contributed by atoms with Crippen molar-refractivity contribution < 1.29 is 19.1 Å². The molecule has 10 nitrogen and oxygen atoms in total. The summed E-state index contributed by atoms with van der Waals surface area (Å²) in [6.45, 7) is 1.09. The first-order valence-corrected chi connectivity index (χ1v) is 8.48. The summed E-state index contributed by atoms with van der Waals surface area (Å²) in [7, 11) is 0. The van der Waals surface area contributed by atoms with E-state index in [4.69, 9.17) is 4.74 Å². The highest BCUT2D eigenvalue weighted by atomic mass is 16.5. The van der Waals surface area contributed by atoms with Crippen LogP contribution >= 0.6 is 0 Å². The number of nitrogens with zero attached hydrogens (tertiary/aromatic N) is 3. The van der Waals surface area contributed by atoms with E-state index in [0.29, 0.717) is 11.2 Å². The van der Waals surface area contributed by atoms with Gasteiger partial charge in [0.05, 0.1) is 12.7 Å². The number of benzene rings is 1. The maximum absolute atomic E-state index is 12.2. The zero-order chi connectivity index (χ0) is 19.9. The van der Waals surface area contributed by atoms with Crippen molar-refractivity contribution in [3.8, 4) is 0 Å². The molecule has 3 rings (SSSR count). The van der Waals surface area contributed by atoms with Crippen molar-refractivity contribution in [1.29, 1.82) is 0 Å². The van der Waals surface area contributed by atoms with Crippen molar-refractivity contribution in [3.05, 3.63) is 48.5 Å². The van der Waals surface area contributed by atoms with E-state index >= 15 is 0 Å². The number of ether oxygens (including phenoxy) is 1. The van der Waals surface area contributed by atoms with Crippen LogP contribution in [0.4, 0.5) is 5.82 Å². The second-order valence-corrected chi connectivity index (χ2v) is 5.88. The smallest absolute Gasteiger partial charge is 0.326 e. The van der Waals surface area contributed by atoms with E-state index < -0.39 is 18.0 Å². The first-order valence-electron chi connectivity index (χ1n) is 8.48. The molecule has 144 valence electrons. The summed E-state index contributed by atoms with van der Waals surface area (Å²) >= 11 is 0. The lowest BCUT2D eigenvalue weighted by Gasteiger charge is -2.13. The fourth-order valence-corrected chi connectivity index (χ4v) is 2.39. The zero-order valence-electron chi connectivity index (χ0n) is 15.0. The third-order valence-electron chi connectivity index (χ3n) is 3.78. The molecule has 1 unspecified atom stereocenters. The molecule has 0 bridgehead atoms. The average Bonchev–Trinajstić information content (AvgIpc) is 3.17. The number of carbonyl (C=O) groups excluding carboxylic acids is 3. The monoisotopic (exact) mass is 382 g/mol. The largest absolute Gasteiger partial charge is 0.451 e. The molecule has 2 aromatic heterocycles. The van der Waals surface area contributed by atoms with Crippen LogP contribution in [-0.4, -0.2) is 50.4 Å². The predicted molar refractivity (Wildman–Crippen MR) is 99.0 cm³/mol. The van der Waals surface area contributed by atoms with Crippen molar-refractivity contribution in [2.45, 2.75) is 19.4 Å². The molecule has 2 heterocycles. The zero-order valence-corrected chi connectivity index (χ0v) is 15.0. The van der Waals surface area contributed by atoms with Crippen molar-refractivity contribution >= 4 is 34.8 Å². The number of rotatable bonds is 7. The lowest BCUT2D eigenvalue weighted by Crippen LogP contribution is -2.36. The fraction of sp³-hybridized carbons (Fsp3) is 0.222. The molecule has 0 saturated carbocycles. The number of hydrogen-bond donors (Lipinski definition) is 3. The van der Waals surface area contributed by atoms with Gasteiger partial charge >= 0.3 is 5.97 Å². The maximum Gasteiger partial charge on any atom is 0.326 e. The highest BCUT2D eigenvalue weighted by Gasteiger charge is 2.20. The molecule has 0 aliphatic rings. The molecule has 28 heavy (non-hydrogen) atoms. The minimum absolute atomic E-state index is 0.151. The number of carbonyl (C=O) groups is 3. The van der Waals surface area contributed by atoms with Crippen LogP contribution in [0.25, 0.3) is 11.2 Å². The molecule has 10 heteroatoms.